The van der Waals surface area contributed by atoms with Gasteiger partial charge in [-0.1, -0.05) is 0 Å². The molecule has 0 aliphatic carbocycles. The number of piperidine rings is 1. The normalized spacial score (nSPS) is 20.7. The predicted molar refractivity (Wildman–Crippen MR) is 78.0 cm³/mol. The number of anilines is 2. The molecule has 1 unspecified atom stereocenters. The maximum atomic E-state index is 4.40. The van der Waals surface area contributed by atoms with Gasteiger partial charge in [0.15, 0.2) is 0 Å². The van der Waals surface area contributed by atoms with E-state index >= 15 is 0 Å². The Labute approximate surface area is 117 Å². The van der Waals surface area contributed by atoms with Gasteiger partial charge in [-0.25, -0.2) is 4.98 Å². The SMILES string of the molecule is CNc1ncc(Br)c(NCC2CCCN(C)C2)n1. The van der Waals surface area contributed by atoms with Gasteiger partial charge < -0.3 is 15.5 Å². The topological polar surface area (TPSA) is 53.1 Å². The van der Waals surface area contributed by atoms with Gasteiger partial charge in [0.25, 0.3) is 0 Å². The van der Waals surface area contributed by atoms with Crippen LogP contribution in [-0.4, -0.2) is 48.6 Å². The molecule has 1 saturated heterocycles. The molecule has 6 heteroatoms. The molecular formula is C12H20BrN5. The Morgan fingerprint density at radius 3 is 3.11 bits per heavy atom. The zero-order valence-corrected chi connectivity index (χ0v) is 12.5. The number of nitrogens with zero attached hydrogens (tertiary/aromatic N) is 3. The van der Waals surface area contributed by atoms with E-state index in [1.165, 1.54) is 19.4 Å². The molecule has 1 aromatic heterocycles. The van der Waals surface area contributed by atoms with Crippen molar-refractivity contribution in [2.45, 2.75) is 12.8 Å². The second kappa shape index (κ2) is 6.33. The number of likely N-dealkylation sites (tertiary alicyclic amines) is 1. The van der Waals surface area contributed by atoms with E-state index in [1.54, 1.807) is 6.20 Å². The largest absolute Gasteiger partial charge is 0.369 e. The van der Waals surface area contributed by atoms with Crippen LogP contribution in [0.3, 0.4) is 0 Å². The molecule has 2 heterocycles. The van der Waals surface area contributed by atoms with Crippen LogP contribution in [-0.2, 0) is 0 Å². The van der Waals surface area contributed by atoms with Crippen LogP contribution in [0.1, 0.15) is 12.8 Å². The summed E-state index contributed by atoms with van der Waals surface area (Å²) in [7, 11) is 4.01. The van der Waals surface area contributed by atoms with Crippen molar-refractivity contribution in [2.24, 2.45) is 5.92 Å². The maximum absolute atomic E-state index is 4.40. The molecule has 0 aromatic carbocycles. The Hall–Kier alpha value is -0.880. The van der Waals surface area contributed by atoms with Gasteiger partial charge in [0.1, 0.15) is 5.82 Å². The smallest absolute Gasteiger partial charge is 0.224 e. The summed E-state index contributed by atoms with van der Waals surface area (Å²) in [5.74, 6) is 2.20. The zero-order valence-electron chi connectivity index (χ0n) is 10.9. The lowest BCUT2D eigenvalue weighted by molar-refractivity contribution is 0.217. The van der Waals surface area contributed by atoms with Gasteiger partial charge >= 0.3 is 0 Å². The first kappa shape index (κ1) is 13.5. The van der Waals surface area contributed by atoms with Crippen LogP contribution >= 0.6 is 15.9 Å². The Balaban J connectivity index is 1.92. The molecule has 0 bridgehead atoms. The van der Waals surface area contributed by atoms with E-state index in [0.29, 0.717) is 11.9 Å². The molecule has 100 valence electrons. The highest BCUT2D eigenvalue weighted by Crippen LogP contribution is 2.21. The van der Waals surface area contributed by atoms with Crippen molar-refractivity contribution < 1.29 is 0 Å². The summed E-state index contributed by atoms with van der Waals surface area (Å²) < 4.78 is 0.908. The van der Waals surface area contributed by atoms with Crippen molar-refractivity contribution in [3.8, 4) is 0 Å². The summed E-state index contributed by atoms with van der Waals surface area (Å²) in [6.45, 7) is 3.34. The van der Waals surface area contributed by atoms with Gasteiger partial charge in [0.2, 0.25) is 5.95 Å². The van der Waals surface area contributed by atoms with E-state index < -0.39 is 0 Å². The minimum Gasteiger partial charge on any atom is -0.369 e. The van der Waals surface area contributed by atoms with Crippen LogP contribution < -0.4 is 10.6 Å². The fraction of sp³-hybridized carbons (Fsp3) is 0.667. The van der Waals surface area contributed by atoms with E-state index in [2.05, 4.69) is 48.5 Å². The van der Waals surface area contributed by atoms with Crippen molar-refractivity contribution in [2.75, 3.05) is 44.4 Å². The molecule has 5 nitrogen and oxygen atoms in total. The molecule has 2 N–H and O–H groups in total. The number of aromatic nitrogens is 2. The Morgan fingerprint density at radius 1 is 1.56 bits per heavy atom. The van der Waals surface area contributed by atoms with Gasteiger partial charge in [-0.15, -0.1) is 0 Å². The summed E-state index contributed by atoms with van der Waals surface area (Å²) in [6.07, 6.45) is 4.35. The molecule has 1 aromatic rings. The van der Waals surface area contributed by atoms with Gasteiger partial charge in [0, 0.05) is 26.3 Å². The summed E-state index contributed by atoms with van der Waals surface area (Å²) in [6, 6.07) is 0. The monoisotopic (exact) mass is 313 g/mol. The van der Waals surface area contributed by atoms with Crippen molar-refractivity contribution in [3.63, 3.8) is 0 Å². The summed E-state index contributed by atoms with van der Waals surface area (Å²) in [4.78, 5) is 10.9. The highest BCUT2D eigenvalue weighted by atomic mass is 79.9. The van der Waals surface area contributed by atoms with Crippen LogP contribution in [0, 0.1) is 5.92 Å². The molecule has 1 aliphatic rings. The quantitative estimate of drug-likeness (QED) is 0.891. The first-order valence-electron chi connectivity index (χ1n) is 6.31. The highest BCUT2D eigenvalue weighted by molar-refractivity contribution is 9.10. The standard InChI is InChI=1S/C12H20BrN5/c1-14-12-16-7-10(13)11(17-12)15-6-9-4-3-5-18(2)8-9/h7,9H,3-6,8H2,1-2H3,(H2,14,15,16,17). The van der Waals surface area contributed by atoms with Gasteiger partial charge in [0.05, 0.1) is 4.47 Å². The molecule has 1 aliphatic heterocycles. The fourth-order valence-corrected chi connectivity index (χ4v) is 2.62. The molecule has 0 spiro atoms. The second-order valence-corrected chi connectivity index (χ2v) is 5.65. The lowest BCUT2D eigenvalue weighted by Crippen LogP contribution is -2.35. The van der Waals surface area contributed by atoms with Crippen molar-refractivity contribution in [1.82, 2.24) is 14.9 Å². The summed E-state index contributed by atoms with van der Waals surface area (Å²) in [5.41, 5.74) is 0. The number of rotatable bonds is 4. The van der Waals surface area contributed by atoms with Gasteiger partial charge in [-0.2, -0.15) is 4.98 Å². The average molecular weight is 314 g/mol. The van der Waals surface area contributed by atoms with Crippen LogP contribution in [0.5, 0.6) is 0 Å². The molecule has 1 atom stereocenters. The number of hydrogen-bond donors (Lipinski definition) is 2. The maximum Gasteiger partial charge on any atom is 0.224 e. The molecule has 0 saturated carbocycles. The third-order valence-electron chi connectivity index (χ3n) is 3.25. The van der Waals surface area contributed by atoms with Crippen molar-refractivity contribution in [3.05, 3.63) is 10.7 Å². The molecule has 18 heavy (non-hydrogen) atoms. The van der Waals surface area contributed by atoms with Crippen LogP contribution in [0.25, 0.3) is 0 Å². The predicted octanol–water partition coefficient (Wildman–Crippen LogP) is 2.03. The van der Waals surface area contributed by atoms with E-state index in [-0.39, 0.29) is 0 Å². The lowest BCUT2D eigenvalue weighted by Gasteiger charge is -2.29. The van der Waals surface area contributed by atoms with E-state index in [4.69, 9.17) is 0 Å². The fourth-order valence-electron chi connectivity index (χ4n) is 2.29. The van der Waals surface area contributed by atoms with Crippen molar-refractivity contribution >= 4 is 27.7 Å². The minimum absolute atomic E-state index is 0.640. The molecular weight excluding hydrogens is 294 g/mol. The van der Waals surface area contributed by atoms with Gasteiger partial charge in [-0.3, -0.25) is 0 Å². The Morgan fingerprint density at radius 2 is 2.39 bits per heavy atom. The van der Waals surface area contributed by atoms with Crippen LogP contribution in [0.15, 0.2) is 10.7 Å². The second-order valence-electron chi connectivity index (χ2n) is 4.79. The summed E-state index contributed by atoms with van der Waals surface area (Å²) in [5, 5.41) is 6.36. The average Bonchev–Trinajstić information content (AvgIpc) is 2.38. The molecule has 2 rings (SSSR count). The van der Waals surface area contributed by atoms with Crippen LogP contribution in [0.2, 0.25) is 0 Å². The number of nitrogens with one attached hydrogen (secondary N) is 2. The zero-order chi connectivity index (χ0) is 13.0. The van der Waals surface area contributed by atoms with E-state index in [1.807, 2.05) is 7.05 Å². The number of hydrogen-bond acceptors (Lipinski definition) is 5. The first-order valence-corrected chi connectivity index (χ1v) is 7.11. The molecule has 1 fully saturated rings. The van der Waals surface area contributed by atoms with Crippen molar-refractivity contribution in [1.29, 1.82) is 0 Å². The highest BCUT2D eigenvalue weighted by Gasteiger charge is 2.17. The third kappa shape index (κ3) is 3.55. The van der Waals surface area contributed by atoms with Gasteiger partial charge in [-0.05, 0) is 48.3 Å². The molecule has 0 amide bonds. The molecule has 0 radical (unpaired) electrons. The first-order chi connectivity index (χ1) is 8.69. The van der Waals surface area contributed by atoms with E-state index in [9.17, 15) is 0 Å². The minimum atomic E-state index is 0.640. The number of halogens is 1. The summed E-state index contributed by atoms with van der Waals surface area (Å²) >= 11 is 3.47. The Bertz CT molecular complexity index is 398. The lowest BCUT2D eigenvalue weighted by atomic mass is 9.98. The Kier molecular flexibility index (Phi) is 4.77. The third-order valence-corrected chi connectivity index (χ3v) is 3.83. The van der Waals surface area contributed by atoms with E-state index in [0.717, 1.165) is 23.4 Å². The van der Waals surface area contributed by atoms with Crippen LogP contribution in [0.4, 0.5) is 11.8 Å².